The van der Waals surface area contributed by atoms with Gasteiger partial charge in [0.1, 0.15) is 0 Å². The average Bonchev–Trinajstić information content (AvgIpc) is 2.97. The van der Waals surface area contributed by atoms with Crippen LogP contribution < -0.4 is 10.9 Å². The number of rotatable bonds is 6. The highest BCUT2D eigenvalue weighted by molar-refractivity contribution is 7.98. The van der Waals surface area contributed by atoms with Gasteiger partial charge in [0, 0.05) is 17.5 Å². The Labute approximate surface area is 138 Å². The molecule has 120 valence electrons. The Morgan fingerprint density at radius 1 is 1.26 bits per heavy atom. The summed E-state index contributed by atoms with van der Waals surface area (Å²) in [6.45, 7) is 2.69. The molecule has 0 atom stereocenters. The molecule has 0 aliphatic rings. The number of fused-ring (bicyclic) bond motifs is 1. The Balaban J connectivity index is 1.77. The van der Waals surface area contributed by atoms with Gasteiger partial charge in [-0.15, -0.1) is 11.8 Å². The Kier molecular flexibility index (Phi) is 4.66. The molecule has 7 heteroatoms. The van der Waals surface area contributed by atoms with Crippen molar-refractivity contribution in [2.24, 2.45) is 0 Å². The zero-order chi connectivity index (χ0) is 16.2. The molecule has 0 spiro atoms. The van der Waals surface area contributed by atoms with Crippen LogP contribution in [0.25, 0.3) is 5.78 Å². The Bertz CT molecular complexity index is 853. The van der Waals surface area contributed by atoms with Crippen LogP contribution in [0.1, 0.15) is 24.6 Å². The standard InChI is InChI=1S/C16H19N5OS/c1-3-4-12-9-14(22)21-16(18-12)19-15(20-21)17-10-11-5-7-13(23-2)8-6-11/h5-9H,3-4,10H2,1-2H3,(H2,17,18,19,20). The molecular formula is C16H19N5OS. The van der Waals surface area contributed by atoms with Gasteiger partial charge in [0.05, 0.1) is 5.69 Å². The van der Waals surface area contributed by atoms with E-state index in [9.17, 15) is 4.79 Å². The number of hydrogen-bond donors (Lipinski definition) is 2. The predicted molar refractivity (Wildman–Crippen MR) is 93.2 cm³/mol. The third-order valence-electron chi connectivity index (χ3n) is 3.51. The number of nitrogens with zero attached hydrogens (tertiary/aromatic N) is 3. The van der Waals surface area contributed by atoms with E-state index in [0.29, 0.717) is 18.3 Å². The van der Waals surface area contributed by atoms with Crippen molar-refractivity contribution in [3.05, 3.63) is 51.9 Å². The summed E-state index contributed by atoms with van der Waals surface area (Å²) < 4.78 is 1.36. The predicted octanol–water partition coefficient (Wildman–Crippen LogP) is 2.70. The van der Waals surface area contributed by atoms with Crippen molar-refractivity contribution in [1.82, 2.24) is 19.6 Å². The molecule has 3 rings (SSSR count). The lowest BCUT2D eigenvalue weighted by atomic mass is 10.2. The number of thioether (sulfide) groups is 1. The first kappa shape index (κ1) is 15.6. The summed E-state index contributed by atoms with van der Waals surface area (Å²) in [5, 5.41) is 6.13. The first-order chi connectivity index (χ1) is 11.2. The number of benzene rings is 1. The third kappa shape index (κ3) is 3.56. The number of anilines is 1. The SMILES string of the molecule is CCCc1cc(=O)n2[nH]c(NCc3ccc(SC)cc3)nc2n1. The zero-order valence-corrected chi connectivity index (χ0v) is 14.0. The lowest BCUT2D eigenvalue weighted by molar-refractivity contribution is 0.837. The van der Waals surface area contributed by atoms with Gasteiger partial charge in [0.25, 0.3) is 11.3 Å². The van der Waals surface area contributed by atoms with E-state index in [2.05, 4.69) is 57.8 Å². The van der Waals surface area contributed by atoms with Crippen LogP contribution >= 0.6 is 11.8 Å². The van der Waals surface area contributed by atoms with E-state index in [-0.39, 0.29) is 5.56 Å². The summed E-state index contributed by atoms with van der Waals surface area (Å²) >= 11 is 1.72. The van der Waals surface area contributed by atoms with E-state index < -0.39 is 0 Å². The van der Waals surface area contributed by atoms with Crippen LogP contribution in [0.4, 0.5) is 5.95 Å². The van der Waals surface area contributed by atoms with Crippen LogP contribution in [0, 0.1) is 0 Å². The second-order valence-electron chi connectivity index (χ2n) is 5.24. The number of aromatic amines is 1. The first-order valence-corrected chi connectivity index (χ1v) is 8.77. The molecule has 1 aromatic carbocycles. The van der Waals surface area contributed by atoms with E-state index in [1.165, 1.54) is 9.41 Å². The van der Waals surface area contributed by atoms with Crippen molar-refractivity contribution in [3.8, 4) is 0 Å². The molecule has 2 aromatic heterocycles. The fourth-order valence-electron chi connectivity index (χ4n) is 2.32. The van der Waals surface area contributed by atoms with Gasteiger partial charge in [-0.1, -0.05) is 25.5 Å². The van der Waals surface area contributed by atoms with Gasteiger partial charge >= 0.3 is 0 Å². The summed E-state index contributed by atoms with van der Waals surface area (Å²) in [6, 6.07) is 9.88. The molecule has 0 unspecified atom stereocenters. The number of aromatic nitrogens is 4. The minimum absolute atomic E-state index is 0.136. The molecule has 0 radical (unpaired) electrons. The van der Waals surface area contributed by atoms with E-state index in [1.54, 1.807) is 17.8 Å². The highest BCUT2D eigenvalue weighted by atomic mass is 32.2. The van der Waals surface area contributed by atoms with Gasteiger partial charge in [-0.25, -0.2) is 4.98 Å². The van der Waals surface area contributed by atoms with E-state index in [4.69, 9.17) is 0 Å². The number of H-pyrrole nitrogens is 1. The van der Waals surface area contributed by atoms with Gasteiger partial charge < -0.3 is 5.32 Å². The Hall–Kier alpha value is -2.28. The maximum Gasteiger partial charge on any atom is 0.274 e. The lowest BCUT2D eigenvalue weighted by Crippen LogP contribution is -2.15. The number of hydrogen-bond acceptors (Lipinski definition) is 5. The Morgan fingerprint density at radius 2 is 2.04 bits per heavy atom. The lowest BCUT2D eigenvalue weighted by Gasteiger charge is -2.03. The molecule has 0 bridgehead atoms. The second-order valence-corrected chi connectivity index (χ2v) is 6.12. The molecule has 2 N–H and O–H groups in total. The van der Waals surface area contributed by atoms with Crippen LogP contribution in [0.3, 0.4) is 0 Å². The number of aryl methyl sites for hydroxylation is 1. The van der Waals surface area contributed by atoms with Crippen molar-refractivity contribution in [2.45, 2.75) is 31.2 Å². The molecule has 0 amide bonds. The molecule has 23 heavy (non-hydrogen) atoms. The smallest absolute Gasteiger partial charge is 0.274 e. The summed E-state index contributed by atoms with van der Waals surface area (Å²) in [5.41, 5.74) is 1.79. The molecule has 6 nitrogen and oxygen atoms in total. The third-order valence-corrected chi connectivity index (χ3v) is 4.25. The highest BCUT2D eigenvalue weighted by Gasteiger charge is 2.07. The average molecular weight is 329 g/mol. The van der Waals surface area contributed by atoms with Crippen LogP contribution in [0.15, 0.2) is 40.0 Å². The Morgan fingerprint density at radius 3 is 2.74 bits per heavy atom. The van der Waals surface area contributed by atoms with Gasteiger partial charge in [-0.2, -0.15) is 9.50 Å². The monoisotopic (exact) mass is 329 g/mol. The second kappa shape index (κ2) is 6.87. The molecule has 0 aliphatic heterocycles. The molecule has 0 aliphatic carbocycles. The molecule has 2 heterocycles. The van der Waals surface area contributed by atoms with Gasteiger partial charge in [0.2, 0.25) is 5.95 Å². The first-order valence-electron chi connectivity index (χ1n) is 7.55. The molecule has 0 saturated carbocycles. The van der Waals surface area contributed by atoms with Crippen molar-refractivity contribution >= 4 is 23.5 Å². The molecule has 3 aromatic rings. The van der Waals surface area contributed by atoms with Crippen LogP contribution in [-0.2, 0) is 13.0 Å². The van der Waals surface area contributed by atoms with Gasteiger partial charge in [-0.3, -0.25) is 9.89 Å². The maximum atomic E-state index is 12.1. The number of nitrogens with one attached hydrogen (secondary N) is 2. The topological polar surface area (TPSA) is 75.1 Å². The van der Waals surface area contributed by atoms with Crippen molar-refractivity contribution in [3.63, 3.8) is 0 Å². The van der Waals surface area contributed by atoms with Gasteiger partial charge in [0.15, 0.2) is 0 Å². The molecule has 0 saturated heterocycles. The van der Waals surface area contributed by atoms with E-state index in [0.717, 1.165) is 24.1 Å². The quantitative estimate of drug-likeness (QED) is 0.680. The van der Waals surface area contributed by atoms with Crippen LogP contribution in [0.2, 0.25) is 0 Å². The van der Waals surface area contributed by atoms with E-state index in [1.807, 2.05) is 0 Å². The highest BCUT2D eigenvalue weighted by Crippen LogP contribution is 2.15. The molecule has 0 fully saturated rings. The van der Waals surface area contributed by atoms with Crippen molar-refractivity contribution in [2.75, 3.05) is 11.6 Å². The minimum Gasteiger partial charge on any atom is -0.351 e. The zero-order valence-electron chi connectivity index (χ0n) is 13.2. The summed E-state index contributed by atoms with van der Waals surface area (Å²) in [5.74, 6) is 0.943. The van der Waals surface area contributed by atoms with E-state index >= 15 is 0 Å². The summed E-state index contributed by atoms with van der Waals surface area (Å²) in [4.78, 5) is 22.0. The van der Waals surface area contributed by atoms with Crippen molar-refractivity contribution < 1.29 is 0 Å². The summed E-state index contributed by atoms with van der Waals surface area (Å²) in [6.07, 6.45) is 3.78. The van der Waals surface area contributed by atoms with Crippen LogP contribution in [-0.4, -0.2) is 25.8 Å². The fraction of sp³-hybridized carbons (Fsp3) is 0.312. The van der Waals surface area contributed by atoms with Gasteiger partial charge in [-0.05, 0) is 30.4 Å². The minimum atomic E-state index is -0.136. The largest absolute Gasteiger partial charge is 0.351 e. The van der Waals surface area contributed by atoms with Crippen molar-refractivity contribution in [1.29, 1.82) is 0 Å². The normalized spacial score (nSPS) is 11.0. The molecular weight excluding hydrogens is 310 g/mol. The van der Waals surface area contributed by atoms with Crippen LogP contribution in [0.5, 0.6) is 0 Å². The summed E-state index contributed by atoms with van der Waals surface area (Å²) in [7, 11) is 0. The fourth-order valence-corrected chi connectivity index (χ4v) is 2.73. The maximum absolute atomic E-state index is 12.1.